The van der Waals surface area contributed by atoms with E-state index in [4.69, 9.17) is 0 Å². The molecule has 0 fully saturated rings. The molecule has 1 atom stereocenters. The molecule has 14 heavy (non-hydrogen) atoms. The van der Waals surface area contributed by atoms with Crippen molar-refractivity contribution >= 4 is 11.9 Å². The summed E-state index contributed by atoms with van der Waals surface area (Å²) < 4.78 is 9.47. The molecule has 0 N–H and O–H groups in total. The zero-order valence-corrected chi connectivity index (χ0v) is 9.36. The smallest absolute Gasteiger partial charge is 0.365 e. The normalized spacial score (nSPS) is 13.2. The molecular formula is C9H18NO4+. The fourth-order valence-electron chi connectivity index (χ4n) is 1.05. The van der Waals surface area contributed by atoms with Crippen molar-refractivity contribution in [3.63, 3.8) is 0 Å². The Morgan fingerprint density at radius 3 is 1.93 bits per heavy atom. The molecule has 82 valence electrons. The maximum absolute atomic E-state index is 11.4. The molecule has 0 aromatic rings. The third-order valence-electron chi connectivity index (χ3n) is 2.00. The summed E-state index contributed by atoms with van der Waals surface area (Å²) in [5.41, 5.74) is 0. The third kappa shape index (κ3) is 3.74. The minimum absolute atomic E-state index is 0.0344. The number of esters is 2. The Balaban J connectivity index is 4.58. The Morgan fingerprint density at radius 2 is 1.64 bits per heavy atom. The Labute approximate surface area is 84.2 Å². The van der Waals surface area contributed by atoms with E-state index in [0.717, 1.165) is 0 Å². The molecule has 0 spiro atoms. The van der Waals surface area contributed by atoms with Gasteiger partial charge in [0.05, 0.1) is 35.4 Å². The van der Waals surface area contributed by atoms with Crippen LogP contribution in [0.25, 0.3) is 0 Å². The molecule has 5 heteroatoms. The monoisotopic (exact) mass is 204 g/mol. The van der Waals surface area contributed by atoms with Crippen molar-refractivity contribution in [1.82, 2.24) is 0 Å². The predicted molar refractivity (Wildman–Crippen MR) is 50.5 cm³/mol. The molecule has 5 nitrogen and oxygen atoms in total. The van der Waals surface area contributed by atoms with E-state index in [1.54, 1.807) is 0 Å². The first-order valence-corrected chi connectivity index (χ1v) is 4.28. The summed E-state index contributed by atoms with van der Waals surface area (Å²) in [5, 5.41) is 0. The number of likely N-dealkylation sites (N-methyl/N-ethyl adjacent to an activating group) is 1. The number of carbonyl (C=O) groups excluding carboxylic acids is 2. The van der Waals surface area contributed by atoms with Gasteiger partial charge in [0.25, 0.3) is 0 Å². The van der Waals surface area contributed by atoms with Crippen LogP contribution in [0.5, 0.6) is 0 Å². The zero-order chi connectivity index (χ0) is 11.4. The second kappa shape index (κ2) is 4.95. The zero-order valence-electron chi connectivity index (χ0n) is 9.36. The average Bonchev–Trinajstić information content (AvgIpc) is 2.10. The van der Waals surface area contributed by atoms with Crippen LogP contribution in [0.1, 0.15) is 6.42 Å². The number of hydrogen-bond acceptors (Lipinski definition) is 4. The molecule has 0 aromatic carbocycles. The first-order valence-electron chi connectivity index (χ1n) is 4.28. The van der Waals surface area contributed by atoms with Gasteiger partial charge in [0, 0.05) is 0 Å². The third-order valence-corrected chi connectivity index (χ3v) is 2.00. The van der Waals surface area contributed by atoms with Crippen LogP contribution >= 0.6 is 0 Å². The van der Waals surface area contributed by atoms with Crippen LogP contribution < -0.4 is 0 Å². The van der Waals surface area contributed by atoms with Gasteiger partial charge >= 0.3 is 11.9 Å². The van der Waals surface area contributed by atoms with E-state index in [1.165, 1.54) is 14.2 Å². The average molecular weight is 204 g/mol. The van der Waals surface area contributed by atoms with Crippen LogP contribution in [0.3, 0.4) is 0 Å². The highest BCUT2D eigenvalue weighted by Crippen LogP contribution is 2.10. The number of carbonyl (C=O) groups is 2. The molecule has 0 aliphatic rings. The van der Waals surface area contributed by atoms with Gasteiger partial charge in [0.1, 0.15) is 6.42 Å². The van der Waals surface area contributed by atoms with Crippen molar-refractivity contribution in [2.45, 2.75) is 12.5 Å². The van der Waals surface area contributed by atoms with Gasteiger partial charge in [-0.1, -0.05) is 0 Å². The van der Waals surface area contributed by atoms with Crippen LogP contribution in [-0.2, 0) is 19.1 Å². The lowest BCUT2D eigenvalue weighted by atomic mass is 10.1. The first kappa shape index (κ1) is 12.9. The summed E-state index contributed by atoms with van der Waals surface area (Å²) in [6.45, 7) is 0. The largest absolute Gasteiger partial charge is 0.469 e. The lowest BCUT2D eigenvalue weighted by molar-refractivity contribution is -0.886. The number of rotatable bonds is 4. The minimum atomic E-state index is -0.521. The van der Waals surface area contributed by atoms with E-state index in [2.05, 4.69) is 9.47 Å². The number of quaternary nitrogens is 1. The lowest BCUT2D eigenvalue weighted by Gasteiger charge is -2.31. The highest BCUT2D eigenvalue weighted by atomic mass is 16.5. The Morgan fingerprint density at radius 1 is 1.14 bits per heavy atom. The second-order valence-electron chi connectivity index (χ2n) is 3.94. The topological polar surface area (TPSA) is 52.6 Å². The predicted octanol–water partition coefficient (Wildman–Crippen LogP) is -0.203. The standard InChI is InChI=1S/C9H18NO4/c1-10(2,3)7(9(12)14-5)6-8(11)13-4/h7H,6H2,1-5H3/q+1. The Kier molecular flexibility index (Phi) is 4.56. The summed E-state index contributed by atoms with van der Waals surface area (Å²) in [6.07, 6.45) is 0.0344. The molecule has 0 saturated carbocycles. The van der Waals surface area contributed by atoms with E-state index in [9.17, 15) is 9.59 Å². The molecular weight excluding hydrogens is 186 g/mol. The SMILES string of the molecule is COC(=O)CC(C(=O)OC)[N+](C)(C)C. The van der Waals surface area contributed by atoms with Gasteiger partial charge in [-0.05, 0) is 0 Å². The highest BCUT2D eigenvalue weighted by molar-refractivity contribution is 5.81. The van der Waals surface area contributed by atoms with Gasteiger partial charge in [0.15, 0.2) is 6.04 Å². The van der Waals surface area contributed by atoms with Crippen molar-refractivity contribution in [2.24, 2.45) is 0 Å². The molecule has 0 aliphatic heterocycles. The van der Waals surface area contributed by atoms with Gasteiger partial charge in [-0.2, -0.15) is 0 Å². The number of ether oxygens (including phenoxy) is 2. The Bertz CT molecular complexity index is 219. The molecule has 0 aromatic heterocycles. The van der Waals surface area contributed by atoms with Crippen molar-refractivity contribution in [3.8, 4) is 0 Å². The maximum atomic E-state index is 11.4. The van der Waals surface area contributed by atoms with Gasteiger partial charge in [-0.3, -0.25) is 4.79 Å². The number of methoxy groups -OCH3 is 2. The summed E-state index contributed by atoms with van der Waals surface area (Å²) in [6, 6.07) is -0.521. The summed E-state index contributed by atoms with van der Waals surface area (Å²) in [7, 11) is 8.08. The van der Waals surface area contributed by atoms with Crippen molar-refractivity contribution in [3.05, 3.63) is 0 Å². The van der Waals surface area contributed by atoms with E-state index in [0.29, 0.717) is 4.48 Å². The highest BCUT2D eigenvalue weighted by Gasteiger charge is 2.35. The molecule has 0 heterocycles. The van der Waals surface area contributed by atoms with Crippen LogP contribution in [0.15, 0.2) is 0 Å². The Hall–Kier alpha value is -1.10. The molecule has 0 amide bonds. The van der Waals surface area contributed by atoms with E-state index in [1.807, 2.05) is 21.1 Å². The lowest BCUT2D eigenvalue weighted by Crippen LogP contribution is -2.51. The first-order chi connectivity index (χ1) is 6.32. The molecule has 0 saturated heterocycles. The van der Waals surface area contributed by atoms with E-state index in [-0.39, 0.29) is 6.42 Å². The molecule has 0 bridgehead atoms. The molecule has 1 unspecified atom stereocenters. The van der Waals surface area contributed by atoms with Gasteiger partial charge in [-0.25, -0.2) is 4.79 Å². The van der Waals surface area contributed by atoms with Crippen molar-refractivity contribution < 1.29 is 23.5 Å². The van der Waals surface area contributed by atoms with Crippen LogP contribution in [0.2, 0.25) is 0 Å². The van der Waals surface area contributed by atoms with E-state index < -0.39 is 18.0 Å². The molecule has 0 aliphatic carbocycles. The van der Waals surface area contributed by atoms with Crippen LogP contribution in [-0.4, -0.2) is 57.8 Å². The summed E-state index contributed by atoms with van der Waals surface area (Å²) >= 11 is 0. The number of hydrogen-bond donors (Lipinski definition) is 0. The van der Waals surface area contributed by atoms with Gasteiger partial charge in [-0.15, -0.1) is 0 Å². The van der Waals surface area contributed by atoms with Crippen LogP contribution in [0, 0.1) is 0 Å². The molecule has 0 radical (unpaired) electrons. The second-order valence-corrected chi connectivity index (χ2v) is 3.94. The van der Waals surface area contributed by atoms with Gasteiger partial charge < -0.3 is 14.0 Å². The summed E-state index contributed by atoms with van der Waals surface area (Å²) in [5.74, 6) is -0.809. The number of nitrogens with zero attached hydrogens (tertiary/aromatic N) is 1. The van der Waals surface area contributed by atoms with Crippen molar-refractivity contribution in [1.29, 1.82) is 0 Å². The van der Waals surface area contributed by atoms with Gasteiger partial charge in [0.2, 0.25) is 0 Å². The van der Waals surface area contributed by atoms with E-state index >= 15 is 0 Å². The van der Waals surface area contributed by atoms with Crippen LogP contribution in [0.4, 0.5) is 0 Å². The molecule has 0 rings (SSSR count). The fourth-order valence-corrected chi connectivity index (χ4v) is 1.05. The van der Waals surface area contributed by atoms with Crippen molar-refractivity contribution in [2.75, 3.05) is 35.4 Å². The quantitative estimate of drug-likeness (QED) is 0.470. The maximum Gasteiger partial charge on any atom is 0.365 e. The minimum Gasteiger partial charge on any atom is -0.469 e. The summed E-state index contributed by atoms with van der Waals surface area (Å²) in [4.78, 5) is 22.4. The fraction of sp³-hybridized carbons (Fsp3) is 0.778.